The number of anilines is 1. The fourth-order valence-corrected chi connectivity index (χ4v) is 3.69. The normalized spacial score (nSPS) is 11.1. The molecule has 0 amide bonds. The molecule has 8 heteroatoms. The number of hydrogen-bond acceptors (Lipinski definition) is 4. The third-order valence-corrected chi connectivity index (χ3v) is 4.78. The predicted molar refractivity (Wildman–Crippen MR) is 95.1 cm³/mol. The smallest absolute Gasteiger partial charge is 0.338 e. The van der Waals surface area contributed by atoms with Crippen LogP contribution in [0.4, 0.5) is 5.69 Å². The summed E-state index contributed by atoms with van der Waals surface area (Å²) in [5, 5.41) is 0.565. The van der Waals surface area contributed by atoms with Crippen molar-refractivity contribution in [3.8, 4) is 0 Å². The number of ether oxygens (including phenoxy) is 1. The van der Waals surface area contributed by atoms with E-state index < -0.39 is 16.0 Å². The fourth-order valence-electron chi connectivity index (χ4n) is 1.99. The SMILES string of the molecule is CCOC(=O)c1ccc(NS(=O)(=O)Cc2cccc(Cl)c2)c(Cl)c1. The summed E-state index contributed by atoms with van der Waals surface area (Å²) in [7, 11) is -3.68. The predicted octanol–water partition coefficient (Wildman–Crippen LogP) is 4.11. The molecule has 0 radical (unpaired) electrons. The van der Waals surface area contributed by atoms with E-state index in [2.05, 4.69) is 4.72 Å². The molecule has 0 aromatic heterocycles. The topological polar surface area (TPSA) is 72.5 Å². The van der Waals surface area contributed by atoms with Gasteiger partial charge in [-0.05, 0) is 42.8 Å². The first-order chi connectivity index (χ1) is 11.3. The Balaban J connectivity index is 2.16. The summed E-state index contributed by atoms with van der Waals surface area (Å²) in [6.07, 6.45) is 0. The highest BCUT2D eigenvalue weighted by Gasteiger charge is 2.16. The van der Waals surface area contributed by atoms with Gasteiger partial charge in [0.1, 0.15) is 0 Å². The Morgan fingerprint density at radius 2 is 1.92 bits per heavy atom. The zero-order chi connectivity index (χ0) is 17.7. The van der Waals surface area contributed by atoms with Crippen LogP contribution in [-0.4, -0.2) is 21.0 Å². The molecular formula is C16H15Cl2NO4S. The van der Waals surface area contributed by atoms with Crippen LogP contribution in [0.15, 0.2) is 42.5 Å². The minimum absolute atomic E-state index is 0.107. The van der Waals surface area contributed by atoms with Gasteiger partial charge in [-0.25, -0.2) is 13.2 Å². The van der Waals surface area contributed by atoms with Crippen molar-refractivity contribution in [3.63, 3.8) is 0 Å². The minimum atomic E-state index is -3.68. The highest BCUT2D eigenvalue weighted by atomic mass is 35.5. The summed E-state index contributed by atoms with van der Waals surface area (Å²) in [5.74, 6) is -0.767. The highest BCUT2D eigenvalue weighted by molar-refractivity contribution is 7.91. The van der Waals surface area contributed by atoms with Crippen molar-refractivity contribution in [1.82, 2.24) is 0 Å². The molecule has 1 N–H and O–H groups in total. The van der Waals surface area contributed by atoms with E-state index in [1.807, 2.05) is 0 Å². The van der Waals surface area contributed by atoms with Crippen LogP contribution in [0.25, 0.3) is 0 Å². The maximum atomic E-state index is 12.2. The molecule has 0 atom stereocenters. The minimum Gasteiger partial charge on any atom is -0.462 e. The summed E-state index contributed by atoms with van der Waals surface area (Å²) in [6.45, 7) is 1.93. The second-order valence-electron chi connectivity index (χ2n) is 4.91. The molecule has 2 rings (SSSR count). The third-order valence-electron chi connectivity index (χ3n) is 2.99. The van der Waals surface area contributed by atoms with E-state index in [0.717, 1.165) is 0 Å². The molecule has 0 spiro atoms. The van der Waals surface area contributed by atoms with E-state index >= 15 is 0 Å². The molecule has 0 fully saturated rings. The number of benzene rings is 2. The molecule has 0 aliphatic carbocycles. The molecule has 2 aromatic rings. The van der Waals surface area contributed by atoms with Gasteiger partial charge in [-0.3, -0.25) is 4.72 Å². The van der Waals surface area contributed by atoms with Crippen molar-refractivity contribution in [2.75, 3.05) is 11.3 Å². The summed E-state index contributed by atoms with van der Waals surface area (Å²) < 4.78 is 31.8. The van der Waals surface area contributed by atoms with Gasteiger partial charge < -0.3 is 4.74 Å². The first-order valence-corrected chi connectivity index (χ1v) is 9.43. The lowest BCUT2D eigenvalue weighted by Gasteiger charge is -2.11. The number of halogens is 2. The van der Waals surface area contributed by atoms with Crippen molar-refractivity contribution in [1.29, 1.82) is 0 Å². The molecule has 2 aromatic carbocycles. The zero-order valence-corrected chi connectivity index (χ0v) is 15.1. The van der Waals surface area contributed by atoms with Gasteiger partial charge >= 0.3 is 5.97 Å². The van der Waals surface area contributed by atoms with Crippen molar-refractivity contribution >= 4 is 44.9 Å². The molecule has 0 aliphatic rings. The van der Waals surface area contributed by atoms with Crippen LogP contribution < -0.4 is 4.72 Å². The van der Waals surface area contributed by atoms with Crippen LogP contribution in [-0.2, 0) is 20.5 Å². The van der Waals surface area contributed by atoms with Crippen LogP contribution in [0.2, 0.25) is 10.0 Å². The van der Waals surface area contributed by atoms with Crippen LogP contribution in [0.3, 0.4) is 0 Å². The fraction of sp³-hybridized carbons (Fsp3) is 0.188. The summed E-state index contributed by atoms with van der Waals surface area (Å²) >= 11 is 11.9. The number of nitrogens with one attached hydrogen (secondary N) is 1. The van der Waals surface area contributed by atoms with Gasteiger partial charge in [0, 0.05) is 5.02 Å². The van der Waals surface area contributed by atoms with Crippen LogP contribution in [0.5, 0.6) is 0 Å². The summed E-state index contributed by atoms with van der Waals surface area (Å²) in [4.78, 5) is 11.6. The zero-order valence-electron chi connectivity index (χ0n) is 12.8. The Kier molecular flexibility index (Phi) is 6.10. The second-order valence-corrected chi connectivity index (χ2v) is 7.47. The average Bonchev–Trinajstić information content (AvgIpc) is 2.49. The number of rotatable bonds is 6. The first kappa shape index (κ1) is 18.6. The molecular weight excluding hydrogens is 373 g/mol. The standard InChI is InChI=1S/C16H15Cl2NO4S/c1-2-23-16(20)12-6-7-15(14(18)9-12)19-24(21,22)10-11-4-3-5-13(17)8-11/h3-9,19H,2,10H2,1H3. The van der Waals surface area contributed by atoms with E-state index in [0.29, 0.717) is 10.6 Å². The monoisotopic (exact) mass is 387 g/mol. The third kappa shape index (κ3) is 5.12. The number of hydrogen-bond donors (Lipinski definition) is 1. The van der Waals surface area contributed by atoms with Gasteiger partial charge in [-0.15, -0.1) is 0 Å². The molecule has 0 heterocycles. The van der Waals surface area contributed by atoms with Crippen LogP contribution in [0.1, 0.15) is 22.8 Å². The molecule has 0 bridgehead atoms. The van der Waals surface area contributed by atoms with Gasteiger partial charge in [-0.1, -0.05) is 35.3 Å². The van der Waals surface area contributed by atoms with E-state index in [1.54, 1.807) is 31.2 Å². The molecule has 128 valence electrons. The van der Waals surface area contributed by atoms with E-state index in [4.69, 9.17) is 27.9 Å². The molecule has 0 saturated heterocycles. The average molecular weight is 388 g/mol. The Morgan fingerprint density at radius 1 is 1.17 bits per heavy atom. The lowest BCUT2D eigenvalue weighted by atomic mass is 10.2. The second kappa shape index (κ2) is 7.88. The number of carbonyl (C=O) groups is 1. The largest absolute Gasteiger partial charge is 0.462 e. The quantitative estimate of drug-likeness (QED) is 0.756. The van der Waals surface area contributed by atoms with Gasteiger partial charge in [0.15, 0.2) is 0 Å². The molecule has 0 saturated carbocycles. The Labute approximate surface area is 150 Å². The Morgan fingerprint density at radius 3 is 2.54 bits per heavy atom. The molecule has 5 nitrogen and oxygen atoms in total. The maximum Gasteiger partial charge on any atom is 0.338 e. The molecule has 0 aliphatic heterocycles. The molecule has 0 unspecified atom stereocenters. The van der Waals surface area contributed by atoms with E-state index in [1.165, 1.54) is 18.2 Å². The summed E-state index contributed by atoms with van der Waals surface area (Å²) in [5.41, 5.74) is 0.987. The summed E-state index contributed by atoms with van der Waals surface area (Å²) in [6, 6.07) is 10.8. The van der Waals surface area contributed by atoms with Crippen LogP contribution >= 0.6 is 23.2 Å². The van der Waals surface area contributed by atoms with Gasteiger partial charge in [0.25, 0.3) is 0 Å². The van der Waals surface area contributed by atoms with E-state index in [9.17, 15) is 13.2 Å². The maximum absolute atomic E-state index is 12.2. The van der Waals surface area contributed by atoms with Crippen molar-refractivity contribution < 1.29 is 17.9 Å². The highest BCUT2D eigenvalue weighted by Crippen LogP contribution is 2.25. The number of sulfonamides is 1. The van der Waals surface area contributed by atoms with Gasteiger partial charge in [0.2, 0.25) is 10.0 Å². The number of carbonyl (C=O) groups excluding carboxylic acids is 1. The van der Waals surface area contributed by atoms with E-state index in [-0.39, 0.29) is 28.6 Å². The Bertz CT molecular complexity index is 853. The number of esters is 1. The van der Waals surface area contributed by atoms with Crippen LogP contribution in [0, 0.1) is 0 Å². The van der Waals surface area contributed by atoms with Gasteiger partial charge in [0.05, 0.1) is 28.6 Å². The van der Waals surface area contributed by atoms with Crippen molar-refractivity contribution in [2.24, 2.45) is 0 Å². The lowest BCUT2D eigenvalue weighted by molar-refractivity contribution is 0.0526. The van der Waals surface area contributed by atoms with Crippen molar-refractivity contribution in [2.45, 2.75) is 12.7 Å². The van der Waals surface area contributed by atoms with Gasteiger partial charge in [-0.2, -0.15) is 0 Å². The first-order valence-electron chi connectivity index (χ1n) is 7.02. The lowest BCUT2D eigenvalue weighted by Crippen LogP contribution is -2.15. The van der Waals surface area contributed by atoms with Crippen molar-refractivity contribution in [3.05, 3.63) is 63.6 Å². The molecule has 24 heavy (non-hydrogen) atoms. The Hall–Kier alpha value is -1.76.